The van der Waals surface area contributed by atoms with Crippen molar-refractivity contribution < 1.29 is 4.79 Å². The van der Waals surface area contributed by atoms with Gasteiger partial charge in [0.1, 0.15) is 0 Å². The summed E-state index contributed by atoms with van der Waals surface area (Å²) in [6, 6.07) is -0.0365. The molecule has 0 unspecified atom stereocenters. The van der Waals surface area contributed by atoms with Crippen LogP contribution < -0.4 is 5.32 Å². The summed E-state index contributed by atoms with van der Waals surface area (Å²) in [7, 11) is 0. The molecule has 0 aromatic heterocycles. The second-order valence-corrected chi connectivity index (χ2v) is 2.89. The Balaban J connectivity index is 2.39. The van der Waals surface area contributed by atoms with Gasteiger partial charge in [-0.15, -0.1) is 0 Å². The van der Waals surface area contributed by atoms with Crippen molar-refractivity contribution >= 4 is 6.03 Å². The van der Waals surface area contributed by atoms with Crippen molar-refractivity contribution in [1.82, 2.24) is 10.2 Å². The standard InChI is InChI=1S/C9H10N2O/c1-7-6-8-4-2-3-5-11(8)9(12)10-7/h2-4,6H,5H2,1H3,(H,10,12). The Morgan fingerprint density at radius 2 is 2.42 bits per heavy atom. The highest BCUT2D eigenvalue weighted by Crippen LogP contribution is 2.16. The molecule has 2 heterocycles. The SMILES string of the molecule is CC1=CC2=CC=CCN2C(=O)N1. The monoisotopic (exact) mass is 162 g/mol. The van der Waals surface area contributed by atoms with Gasteiger partial charge in [0.25, 0.3) is 0 Å². The molecule has 1 N–H and O–H groups in total. The van der Waals surface area contributed by atoms with E-state index in [2.05, 4.69) is 5.32 Å². The third-order valence-corrected chi connectivity index (χ3v) is 1.92. The molecule has 2 rings (SSSR count). The third-order valence-electron chi connectivity index (χ3n) is 1.92. The smallest absolute Gasteiger partial charge is 0.312 e. The van der Waals surface area contributed by atoms with Crippen molar-refractivity contribution in [3.05, 3.63) is 35.7 Å². The highest BCUT2D eigenvalue weighted by molar-refractivity contribution is 5.81. The van der Waals surface area contributed by atoms with Crippen molar-refractivity contribution in [2.75, 3.05) is 6.54 Å². The zero-order valence-electron chi connectivity index (χ0n) is 6.87. The van der Waals surface area contributed by atoms with E-state index >= 15 is 0 Å². The molecule has 0 atom stereocenters. The van der Waals surface area contributed by atoms with Crippen LogP contribution in [-0.2, 0) is 0 Å². The first-order valence-electron chi connectivity index (χ1n) is 3.91. The number of allylic oxidation sites excluding steroid dienone is 4. The maximum atomic E-state index is 11.3. The molecule has 0 aromatic rings. The Hall–Kier alpha value is -1.51. The van der Waals surface area contributed by atoms with Crippen LogP contribution in [0.3, 0.4) is 0 Å². The summed E-state index contributed by atoms with van der Waals surface area (Å²) in [5.41, 5.74) is 1.87. The number of carbonyl (C=O) groups is 1. The molecule has 0 saturated carbocycles. The lowest BCUT2D eigenvalue weighted by Gasteiger charge is -2.28. The molecule has 0 radical (unpaired) electrons. The highest BCUT2D eigenvalue weighted by Gasteiger charge is 2.20. The fourth-order valence-corrected chi connectivity index (χ4v) is 1.35. The van der Waals surface area contributed by atoms with Crippen molar-refractivity contribution in [1.29, 1.82) is 0 Å². The molecule has 12 heavy (non-hydrogen) atoms. The van der Waals surface area contributed by atoms with Crippen molar-refractivity contribution in [3.63, 3.8) is 0 Å². The van der Waals surface area contributed by atoms with E-state index in [1.807, 2.05) is 31.2 Å². The lowest BCUT2D eigenvalue weighted by Crippen LogP contribution is -2.42. The van der Waals surface area contributed by atoms with Gasteiger partial charge in [-0.2, -0.15) is 0 Å². The number of fused-ring (bicyclic) bond motifs is 1. The van der Waals surface area contributed by atoms with Crippen LogP contribution in [0, 0.1) is 0 Å². The Morgan fingerprint density at radius 3 is 3.25 bits per heavy atom. The molecule has 3 heteroatoms. The summed E-state index contributed by atoms with van der Waals surface area (Å²) in [6.07, 6.45) is 7.82. The van der Waals surface area contributed by atoms with E-state index in [0.29, 0.717) is 6.54 Å². The number of hydrogen-bond acceptors (Lipinski definition) is 1. The largest absolute Gasteiger partial charge is 0.326 e. The van der Waals surface area contributed by atoms with Crippen molar-refractivity contribution in [2.24, 2.45) is 0 Å². The van der Waals surface area contributed by atoms with Gasteiger partial charge in [0.05, 0.1) is 0 Å². The van der Waals surface area contributed by atoms with E-state index in [1.165, 1.54) is 0 Å². The maximum absolute atomic E-state index is 11.3. The zero-order valence-corrected chi connectivity index (χ0v) is 6.87. The van der Waals surface area contributed by atoms with Gasteiger partial charge in [-0.1, -0.05) is 12.2 Å². The van der Waals surface area contributed by atoms with E-state index in [4.69, 9.17) is 0 Å². The number of rotatable bonds is 0. The Morgan fingerprint density at radius 1 is 1.58 bits per heavy atom. The van der Waals surface area contributed by atoms with Crippen LogP contribution in [-0.4, -0.2) is 17.5 Å². The molecule has 2 aliphatic heterocycles. The van der Waals surface area contributed by atoms with Gasteiger partial charge in [0, 0.05) is 17.9 Å². The summed E-state index contributed by atoms with van der Waals surface area (Å²) in [5.74, 6) is 0. The van der Waals surface area contributed by atoms with Gasteiger partial charge in [-0.05, 0) is 19.1 Å². The summed E-state index contributed by atoms with van der Waals surface area (Å²) < 4.78 is 0. The Labute approximate surface area is 71.0 Å². The van der Waals surface area contributed by atoms with Gasteiger partial charge < -0.3 is 5.32 Å². The number of amides is 2. The molecule has 2 aliphatic rings. The predicted molar refractivity (Wildman–Crippen MR) is 46.2 cm³/mol. The topological polar surface area (TPSA) is 32.3 Å². The molecular formula is C9H10N2O. The minimum Gasteiger partial charge on any atom is -0.312 e. The van der Waals surface area contributed by atoms with Crippen LogP contribution >= 0.6 is 0 Å². The quantitative estimate of drug-likeness (QED) is 0.573. The normalized spacial score (nSPS) is 21.1. The lowest BCUT2D eigenvalue weighted by molar-refractivity contribution is 0.216. The average Bonchev–Trinajstić information content (AvgIpc) is 2.04. The van der Waals surface area contributed by atoms with Gasteiger partial charge in [0.15, 0.2) is 0 Å². The van der Waals surface area contributed by atoms with E-state index in [1.54, 1.807) is 4.90 Å². The molecule has 0 spiro atoms. The third kappa shape index (κ3) is 1.03. The fourth-order valence-electron chi connectivity index (χ4n) is 1.35. The van der Waals surface area contributed by atoms with Crippen LogP contribution in [0.2, 0.25) is 0 Å². The van der Waals surface area contributed by atoms with Crippen LogP contribution in [0.1, 0.15) is 6.92 Å². The van der Waals surface area contributed by atoms with Crippen molar-refractivity contribution in [3.8, 4) is 0 Å². The second-order valence-electron chi connectivity index (χ2n) is 2.89. The Bertz CT molecular complexity index is 310. The first kappa shape index (κ1) is 7.16. The van der Waals surface area contributed by atoms with E-state index in [9.17, 15) is 4.79 Å². The Kier molecular flexibility index (Phi) is 1.50. The molecule has 3 nitrogen and oxygen atoms in total. The summed E-state index contributed by atoms with van der Waals surface area (Å²) in [4.78, 5) is 13.0. The highest BCUT2D eigenvalue weighted by atomic mass is 16.2. The van der Waals surface area contributed by atoms with Crippen LogP contribution in [0.15, 0.2) is 35.7 Å². The van der Waals surface area contributed by atoms with Gasteiger partial charge in [0.2, 0.25) is 0 Å². The van der Waals surface area contributed by atoms with E-state index in [-0.39, 0.29) is 6.03 Å². The van der Waals surface area contributed by atoms with Crippen LogP contribution in [0.4, 0.5) is 4.79 Å². The van der Waals surface area contributed by atoms with E-state index in [0.717, 1.165) is 11.4 Å². The minimum atomic E-state index is -0.0365. The summed E-state index contributed by atoms with van der Waals surface area (Å²) >= 11 is 0. The number of hydrogen-bond donors (Lipinski definition) is 1. The van der Waals surface area contributed by atoms with Gasteiger partial charge in [-0.25, -0.2) is 4.79 Å². The van der Waals surface area contributed by atoms with E-state index < -0.39 is 0 Å². The fraction of sp³-hybridized carbons (Fsp3) is 0.222. The number of nitrogens with zero attached hydrogens (tertiary/aromatic N) is 1. The summed E-state index contributed by atoms with van der Waals surface area (Å²) in [5, 5.41) is 2.75. The van der Waals surface area contributed by atoms with Gasteiger partial charge in [-0.3, -0.25) is 4.90 Å². The lowest BCUT2D eigenvalue weighted by atomic mass is 10.2. The number of urea groups is 1. The molecule has 0 fully saturated rings. The second kappa shape index (κ2) is 2.52. The maximum Gasteiger partial charge on any atom is 0.326 e. The molecule has 0 saturated heterocycles. The van der Waals surface area contributed by atoms with Crippen LogP contribution in [0.25, 0.3) is 0 Å². The minimum absolute atomic E-state index is 0.0365. The molecule has 62 valence electrons. The van der Waals surface area contributed by atoms with Gasteiger partial charge >= 0.3 is 6.03 Å². The molecule has 0 aliphatic carbocycles. The number of carbonyl (C=O) groups excluding carboxylic acids is 1. The molecular weight excluding hydrogens is 152 g/mol. The molecule has 2 amide bonds. The molecule has 0 bridgehead atoms. The average molecular weight is 162 g/mol. The van der Waals surface area contributed by atoms with Crippen molar-refractivity contribution in [2.45, 2.75) is 6.92 Å². The number of nitrogens with one attached hydrogen (secondary N) is 1. The first-order chi connectivity index (χ1) is 5.77. The zero-order chi connectivity index (χ0) is 8.55. The first-order valence-corrected chi connectivity index (χ1v) is 3.91. The van der Waals surface area contributed by atoms with Crippen LogP contribution in [0.5, 0.6) is 0 Å². The summed E-state index contributed by atoms with van der Waals surface area (Å²) in [6.45, 7) is 2.55. The predicted octanol–water partition coefficient (Wildman–Crippen LogP) is 1.37. The molecule has 0 aromatic carbocycles.